The molecule has 3 rings (SSSR count). The standard InChI is InChI=1S/C23H27NO3/c1-5-19(17-10-7-6-8-11-17)23(27-4)20(18-12-9-15-24-16-18)13-14-21(25-2)22(23)26-3/h6-16,19-20H,5H2,1-4H3. The first-order chi connectivity index (χ1) is 13.2. The molecule has 0 bridgehead atoms. The van der Waals surface area contributed by atoms with E-state index in [0.717, 1.165) is 12.0 Å². The van der Waals surface area contributed by atoms with Crippen LogP contribution in [0.1, 0.15) is 36.3 Å². The van der Waals surface area contributed by atoms with Crippen molar-refractivity contribution in [3.05, 3.63) is 89.7 Å². The lowest BCUT2D eigenvalue weighted by molar-refractivity contribution is -0.0589. The Hall–Kier alpha value is -2.59. The average molecular weight is 365 g/mol. The summed E-state index contributed by atoms with van der Waals surface area (Å²) in [6.45, 7) is 2.18. The van der Waals surface area contributed by atoms with Crippen LogP contribution in [0.4, 0.5) is 0 Å². The Morgan fingerprint density at radius 2 is 1.81 bits per heavy atom. The SMILES string of the molecule is CCC(c1ccccc1)C1(OC)C(OC)=C(OC)C=CC1c1cccnc1. The fraction of sp³-hybridized carbons (Fsp3) is 0.348. The van der Waals surface area contributed by atoms with E-state index in [-0.39, 0.29) is 11.8 Å². The molecule has 0 amide bonds. The Morgan fingerprint density at radius 1 is 1.04 bits per heavy atom. The first kappa shape index (κ1) is 19.2. The van der Waals surface area contributed by atoms with Gasteiger partial charge in [-0.3, -0.25) is 4.98 Å². The zero-order valence-corrected chi connectivity index (χ0v) is 16.4. The smallest absolute Gasteiger partial charge is 0.171 e. The second kappa shape index (κ2) is 8.40. The molecule has 4 nitrogen and oxygen atoms in total. The molecule has 1 aliphatic rings. The third kappa shape index (κ3) is 3.26. The number of pyridine rings is 1. The number of methoxy groups -OCH3 is 3. The van der Waals surface area contributed by atoms with Gasteiger partial charge in [0.1, 0.15) is 5.60 Å². The van der Waals surface area contributed by atoms with E-state index in [0.29, 0.717) is 11.5 Å². The molecule has 1 heterocycles. The van der Waals surface area contributed by atoms with Gasteiger partial charge in [-0.2, -0.15) is 0 Å². The van der Waals surface area contributed by atoms with E-state index in [1.165, 1.54) is 5.56 Å². The van der Waals surface area contributed by atoms with Crippen LogP contribution in [0.25, 0.3) is 0 Å². The van der Waals surface area contributed by atoms with Crippen LogP contribution in [-0.4, -0.2) is 31.9 Å². The Bertz CT molecular complexity index is 801. The lowest BCUT2D eigenvalue weighted by Gasteiger charge is -2.46. The second-order valence-electron chi connectivity index (χ2n) is 6.59. The molecule has 0 aliphatic heterocycles. The molecule has 0 spiro atoms. The summed E-state index contributed by atoms with van der Waals surface area (Å²) in [5, 5.41) is 0. The largest absolute Gasteiger partial charge is 0.494 e. The molecule has 0 N–H and O–H groups in total. The molecular formula is C23H27NO3. The van der Waals surface area contributed by atoms with Gasteiger partial charge in [-0.05, 0) is 29.7 Å². The second-order valence-corrected chi connectivity index (χ2v) is 6.59. The minimum Gasteiger partial charge on any atom is -0.494 e. The van der Waals surface area contributed by atoms with Crippen LogP contribution in [0.15, 0.2) is 78.5 Å². The van der Waals surface area contributed by atoms with Gasteiger partial charge in [0.2, 0.25) is 0 Å². The van der Waals surface area contributed by atoms with Crippen LogP contribution >= 0.6 is 0 Å². The zero-order chi connectivity index (χ0) is 19.3. The van der Waals surface area contributed by atoms with Gasteiger partial charge in [0, 0.05) is 31.3 Å². The topological polar surface area (TPSA) is 40.6 Å². The average Bonchev–Trinajstić information content (AvgIpc) is 2.74. The first-order valence-electron chi connectivity index (χ1n) is 9.23. The number of benzene rings is 1. The highest BCUT2D eigenvalue weighted by molar-refractivity contribution is 5.44. The molecule has 1 aromatic carbocycles. The van der Waals surface area contributed by atoms with Crippen LogP contribution in [0.2, 0.25) is 0 Å². The maximum absolute atomic E-state index is 6.35. The van der Waals surface area contributed by atoms with Gasteiger partial charge in [-0.15, -0.1) is 0 Å². The molecule has 1 aromatic heterocycles. The van der Waals surface area contributed by atoms with Crippen molar-refractivity contribution in [1.82, 2.24) is 4.98 Å². The van der Waals surface area contributed by atoms with E-state index in [4.69, 9.17) is 14.2 Å². The van der Waals surface area contributed by atoms with Gasteiger partial charge in [-0.1, -0.05) is 49.4 Å². The van der Waals surface area contributed by atoms with Gasteiger partial charge < -0.3 is 14.2 Å². The van der Waals surface area contributed by atoms with Gasteiger partial charge in [-0.25, -0.2) is 0 Å². The van der Waals surface area contributed by atoms with E-state index < -0.39 is 5.60 Å². The van der Waals surface area contributed by atoms with E-state index in [1.54, 1.807) is 27.5 Å². The summed E-state index contributed by atoms with van der Waals surface area (Å²) in [5.74, 6) is 1.41. The quantitative estimate of drug-likeness (QED) is 0.705. The molecule has 1 aliphatic carbocycles. The number of aromatic nitrogens is 1. The maximum Gasteiger partial charge on any atom is 0.171 e. The Morgan fingerprint density at radius 3 is 2.37 bits per heavy atom. The fourth-order valence-corrected chi connectivity index (χ4v) is 4.28. The zero-order valence-electron chi connectivity index (χ0n) is 16.4. The lowest BCUT2D eigenvalue weighted by atomic mass is 9.67. The molecule has 2 aromatic rings. The number of rotatable bonds is 7. The Labute approximate surface area is 161 Å². The van der Waals surface area contributed by atoms with E-state index >= 15 is 0 Å². The van der Waals surface area contributed by atoms with E-state index in [1.807, 2.05) is 24.4 Å². The lowest BCUT2D eigenvalue weighted by Crippen LogP contribution is -2.48. The number of hydrogen-bond donors (Lipinski definition) is 0. The summed E-state index contributed by atoms with van der Waals surface area (Å²) in [5.41, 5.74) is 1.54. The minimum atomic E-state index is -0.742. The number of ether oxygens (including phenoxy) is 3. The summed E-state index contributed by atoms with van der Waals surface area (Å²) in [6, 6.07) is 14.5. The van der Waals surface area contributed by atoms with Gasteiger partial charge in [0.05, 0.1) is 14.2 Å². The van der Waals surface area contributed by atoms with Crippen LogP contribution in [0, 0.1) is 0 Å². The van der Waals surface area contributed by atoms with Crippen molar-refractivity contribution in [3.63, 3.8) is 0 Å². The molecular weight excluding hydrogens is 338 g/mol. The molecule has 0 saturated heterocycles. The Balaban J connectivity index is 2.26. The van der Waals surface area contributed by atoms with Crippen molar-refractivity contribution < 1.29 is 14.2 Å². The fourth-order valence-electron chi connectivity index (χ4n) is 4.28. The third-order valence-corrected chi connectivity index (χ3v) is 5.41. The molecule has 142 valence electrons. The number of hydrogen-bond acceptors (Lipinski definition) is 4. The molecule has 3 unspecified atom stereocenters. The summed E-state index contributed by atoms with van der Waals surface area (Å²) < 4.78 is 17.9. The number of allylic oxidation sites excluding steroid dienone is 1. The number of nitrogens with zero attached hydrogens (tertiary/aromatic N) is 1. The van der Waals surface area contributed by atoms with Crippen molar-refractivity contribution in [2.75, 3.05) is 21.3 Å². The van der Waals surface area contributed by atoms with Crippen molar-refractivity contribution in [1.29, 1.82) is 0 Å². The molecule has 0 radical (unpaired) electrons. The van der Waals surface area contributed by atoms with Crippen molar-refractivity contribution >= 4 is 0 Å². The maximum atomic E-state index is 6.35. The van der Waals surface area contributed by atoms with Gasteiger partial charge in [0.25, 0.3) is 0 Å². The highest BCUT2D eigenvalue weighted by Crippen LogP contribution is 2.52. The predicted octanol–water partition coefficient (Wildman–Crippen LogP) is 4.82. The van der Waals surface area contributed by atoms with Gasteiger partial charge >= 0.3 is 0 Å². The summed E-state index contributed by atoms with van der Waals surface area (Å²) in [6.07, 6.45) is 8.66. The summed E-state index contributed by atoms with van der Waals surface area (Å²) >= 11 is 0. The van der Waals surface area contributed by atoms with Crippen LogP contribution in [-0.2, 0) is 14.2 Å². The van der Waals surface area contributed by atoms with Crippen molar-refractivity contribution in [2.24, 2.45) is 0 Å². The third-order valence-electron chi connectivity index (χ3n) is 5.41. The molecule has 27 heavy (non-hydrogen) atoms. The van der Waals surface area contributed by atoms with Crippen LogP contribution in [0.5, 0.6) is 0 Å². The highest BCUT2D eigenvalue weighted by Gasteiger charge is 2.53. The molecule has 0 fully saturated rings. The van der Waals surface area contributed by atoms with Crippen molar-refractivity contribution in [3.8, 4) is 0 Å². The van der Waals surface area contributed by atoms with Crippen LogP contribution in [0.3, 0.4) is 0 Å². The molecule has 3 atom stereocenters. The van der Waals surface area contributed by atoms with E-state index in [2.05, 4.69) is 48.3 Å². The molecule has 0 saturated carbocycles. The monoisotopic (exact) mass is 365 g/mol. The van der Waals surface area contributed by atoms with Crippen LogP contribution < -0.4 is 0 Å². The summed E-state index contributed by atoms with van der Waals surface area (Å²) in [4.78, 5) is 4.33. The highest BCUT2D eigenvalue weighted by atomic mass is 16.5. The van der Waals surface area contributed by atoms with Crippen molar-refractivity contribution in [2.45, 2.75) is 30.8 Å². The van der Waals surface area contributed by atoms with E-state index in [9.17, 15) is 0 Å². The normalized spacial score (nSPS) is 23.2. The van der Waals surface area contributed by atoms with Gasteiger partial charge in [0.15, 0.2) is 11.5 Å². The Kier molecular flexibility index (Phi) is 5.97. The molecule has 4 heteroatoms. The first-order valence-corrected chi connectivity index (χ1v) is 9.23. The predicted molar refractivity (Wildman–Crippen MR) is 106 cm³/mol. The summed E-state index contributed by atoms with van der Waals surface area (Å²) in [7, 11) is 5.09. The minimum absolute atomic E-state index is 0.0600.